The number of hydrogen-bond acceptors (Lipinski definition) is 7. The van der Waals surface area contributed by atoms with E-state index in [4.69, 9.17) is 5.26 Å². The van der Waals surface area contributed by atoms with Gasteiger partial charge in [-0.25, -0.2) is 0 Å². The van der Waals surface area contributed by atoms with Gasteiger partial charge >= 0.3 is 0 Å². The second-order valence-corrected chi connectivity index (χ2v) is 7.56. The minimum absolute atomic E-state index is 0.275. The Kier molecular flexibility index (Phi) is 5.31. The highest BCUT2D eigenvalue weighted by molar-refractivity contribution is 7.99. The van der Waals surface area contributed by atoms with E-state index in [0.29, 0.717) is 21.9 Å². The minimum atomic E-state index is 0.275. The third-order valence-electron chi connectivity index (χ3n) is 4.30. The van der Waals surface area contributed by atoms with E-state index < -0.39 is 0 Å². The smallest absolute Gasteiger partial charge is 0.202 e. The van der Waals surface area contributed by atoms with Crippen LogP contribution in [0.5, 0.6) is 0 Å². The zero-order valence-corrected chi connectivity index (χ0v) is 16.7. The van der Waals surface area contributed by atoms with E-state index in [1.54, 1.807) is 24.5 Å². The van der Waals surface area contributed by atoms with Gasteiger partial charge in [0.05, 0.1) is 5.69 Å². The van der Waals surface area contributed by atoms with E-state index in [-0.39, 0.29) is 5.69 Å². The molecule has 0 fully saturated rings. The molecule has 29 heavy (non-hydrogen) atoms. The van der Waals surface area contributed by atoms with E-state index in [1.165, 1.54) is 17.3 Å². The van der Waals surface area contributed by atoms with Gasteiger partial charge in [0.25, 0.3) is 0 Å². The van der Waals surface area contributed by atoms with E-state index in [9.17, 15) is 0 Å². The first kappa shape index (κ1) is 18.8. The van der Waals surface area contributed by atoms with Crippen molar-refractivity contribution in [2.75, 3.05) is 0 Å². The minimum Gasteiger partial charge on any atom is -0.269 e. The number of pyridine rings is 1. The largest absolute Gasteiger partial charge is 0.269 e. The molecule has 0 saturated carbocycles. The summed E-state index contributed by atoms with van der Waals surface area (Å²) in [5.41, 5.74) is 3.34. The second-order valence-electron chi connectivity index (χ2n) is 6.57. The quantitative estimate of drug-likeness (QED) is 0.495. The summed E-state index contributed by atoms with van der Waals surface area (Å²) in [5.74, 6) is 1.03. The lowest BCUT2D eigenvalue weighted by Crippen LogP contribution is -2.05. The Morgan fingerprint density at radius 3 is 2.52 bits per heavy atom. The van der Waals surface area contributed by atoms with Gasteiger partial charge in [0.1, 0.15) is 11.1 Å². The fourth-order valence-corrected chi connectivity index (χ4v) is 3.70. The standard InChI is InChI=1S/C21H17N7S/c1-14(2)17-7-3-4-8-18(17)28-20(15-6-5-11-23-13-15)26-27-21(28)29-19-10-9-16(12-22)24-25-19/h3-11,13-14H,1-2H3. The van der Waals surface area contributed by atoms with E-state index in [0.717, 1.165) is 11.3 Å². The highest BCUT2D eigenvalue weighted by atomic mass is 32.2. The number of para-hydroxylation sites is 1. The average molecular weight is 399 g/mol. The molecule has 7 nitrogen and oxygen atoms in total. The molecule has 0 spiro atoms. The van der Waals surface area contributed by atoms with E-state index >= 15 is 0 Å². The number of nitriles is 1. The predicted molar refractivity (Wildman–Crippen MR) is 110 cm³/mol. The number of rotatable bonds is 5. The van der Waals surface area contributed by atoms with Crippen molar-refractivity contribution >= 4 is 11.8 Å². The Balaban J connectivity index is 1.86. The summed E-state index contributed by atoms with van der Waals surface area (Å²) >= 11 is 1.35. The molecule has 0 N–H and O–H groups in total. The van der Waals surface area contributed by atoms with Crippen molar-refractivity contribution in [1.82, 2.24) is 29.9 Å². The van der Waals surface area contributed by atoms with E-state index in [2.05, 4.69) is 51.4 Å². The summed E-state index contributed by atoms with van der Waals surface area (Å²) in [5, 5.41) is 27.1. The van der Waals surface area contributed by atoms with Gasteiger partial charge in [-0.15, -0.1) is 20.4 Å². The topological polar surface area (TPSA) is 93.2 Å². The lowest BCUT2D eigenvalue weighted by atomic mass is 10.0. The van der Waals surface area contributed by atoms with Crippen LogP contribution in [0.4, 0.5) is 0 Å². The van der Waals surface area contributed by atoms with Crippen LogP contribution in [-0.2, 0) is 0 Å². The first-order valence-corrected chi connectivity index (χ1v) is 9.86. The van der Waals surface area contributed by atoms with Crippen LogP contribution in [0.15, 0.2) is 71.1 Å². The predicted octanol–water partition coefficient (Wildman–Crippen LogP) is 4.27. The molecule has 0 aliphatic heterocycles. The molecule has 0 unspecified atom stereocenters. The highest BCUT2D eigenvalue weighted by Crippen LogP contribution is 2.34. The van der Waals surface area contributed by atoms with Crippen molar-refractivity contribution in [1.29, 1.82) is 5.26 Å². The second kappa shape index (κ2) is 8.20. The maximum atomic E-state index is 8.93. The summed E-state index contributed by atoms with van der Waals surface area (Å²) in [7, 11) is 0. The van der Waals surface area contributed by atoms with Gasteiger partial charge in [0, 0.05) is 18.0 Å². The van der Waals surface area contributed by atoms with E-state index in [1.807, 2.05) is 34.9 Å². The molecule has 4 aromatic rings. The molecular formula is C21H17N7S. The Bertz CT molecular complexity index is 1160. The maximum absolute atomic E-state index is 8.93. The van der Waals surface area contributed by atoms with Crippen molar-refractivity contribution in [2.24, 2.45) is 0 Å². The molecule has 4 rings (SSSR count). The van der Waals surface area contributed by atoms with Gasteiger partial charge in [-0.1, -0.05) is 32.0 Å². The molecule has 0 amide bonds. The molecule has 0 saturated heterocycles. The summed E-state index contributed by atoms with van der Waals surface area (Å²) in [4.78, 5) is 4.22. The zero-order valence-electron chi connectivity index (χ0n) is 15.9. The Morgan fingerprint density at radius 1 is 0.966 bits per heavy atom. The first-order chi connectivity index (χ1) is 14.2. The molecular weight excluding hydrogens is 382 g/mol. The van der Waals surface area contributed by atoms with Gasteiger partial charge in [-0.2, -0.15) is 5.26 Å². The molecule has 0 bridgehead atoms. The molecule has 3 heterocycles. The van der Waals surface area contributed by atoms with Gasteiger partial charge in [0.15, 0.2) is 11.5 Å². The SMILES string of the molecule is CC(C)c1ccccc1-n1c(Sc2ccc(C#N)nn2)nnc1-c1cccnc1. The van der Waals surface area contributed by atoms with Gasteiger partial charge < -0.3 is 0 Å². The molecule has 0 radical (unpaired) electrons. The third kappa shape index (κ3) is 3.86. The van der Waals surface area contributed by atoms with Crippen LogP contribution in [0.25, 0.3) is 17.1 Å². The Morgan fingerprint density at radius 2 is 1.83 bits per heavy atom. The molecule has 1 aromatic carbocycles. The first-order valence-electron chi connectivity index (χ1n) is 9.04. The normalized spacial score (nSPS) is 10.8. The molecule has 0 aliphatic carbocycles. The van der Waals surface area contributed by atoms with Crippen LogP contribution >= 0.6 is 11.8 Å². The van der Waals surface area contributed by atoms with Crippen LogP contribution in [0.1, 0.15) is 31.0 Å². The van der Waals surface area contributed by atoms with Gasteiger partial charge in [-0.05, 0) is 53.6 Å². The number of nitrogens with zero attached hydrogens (tertiary/aromatic N) is 7. The number of hydrogen-bond donors (Lipinski definition) is 0. The van der Waals surface area contributed by atoms with Crippen LogP contribution in [0, 0.1) is 11.3 Å². The monoisotopic (exact) mass is 399 g/mol. The van der Waals surface area contributed by atoms with Crippen LogP contribution in [-0.4, -0.2) is 29.9 Å². The van der Waals surface area contributed by atoms with Crippen molar-refractivity contribution in [2.45, 2.75) is 29.9 Å². The van der Waals surface area contributed by atoms with Crippen molar-refractivity contribution < 1.29 is 0 Å². The van der Waals surface area contributed by atoms with Crippen LogP contribution in [0.2, 0.25) is 0 Å². The molecule has 8 heteroatoms. The van der Waals surface area contributed by atoms with Crippen molar-refractivity contribution in [3.8, 4) is 23.1 Å². The molecule has 0 aliphatic rings. The Labute approximate surface area is 172 Å². The summed E-state index contributed by atoms with van der Waals surface area (Å²) in [6, 6.07) is 17.4. The average Bonchev–Trinajstić information content (AvgIpc) is 3.18. The Hall–Kier alpha value is -3.57. The molecule has 142 valence electrons. The van der Waals surface area contributed by atoms with Crippen LogP contribution < -0.4 is 0 Å². The lowest BCUT2D eigenvalue weighted by molar-refractivity contribution is 0.816. The third-order valence-corrected chi connectivity index (χ3v) is 5.18. The van der Waals surface area contributed by atoms with Gasteiger partial charge in [0.2, 0.25) is 5.16 Å². The fraction of sp³-hybridized carbons (Fsp3) is 0.143. The van der Waals surface area contributed by atoms with Crippen LogP contribution in [0.3, 0.4) is 0 Å². The number of benzene rings is 1. The molecule has 0 atom stereocenters. The highest BCUT2D eigenvalue weighted by Gasteiger charge is 2.20. The maximum Gasteiger partial charge on any atom is 0.202 e. The summed E-state index contributed by atoms with van der Waals surface area (Å²) < 4.78 is 2.02. The van der Waals surface area contributed by atoms with Gasteiger partial charge in [-0.3, -0.25) is 9.55 Å². The summed E-state index contributed by atoms with van der Waals surface area (Å²) in [6.07, 6.45) is 3.50. The fourth-order valence-electron chi connectivity index (χ4n) is 2.94. The molecule has 3 aromatic heterocycles. The van der Waals surface area contributed by atoms with Crippen molar-refractivity contribution in [3.63, 3.8) is 0 Å². The van der Waals surface area contributed by atoms with Crippen molar-refractivity contribution in [3.05, 3.63) is 72.2 Å². The zero-order chi connectivity index (χ0) is 20.2. The summed E-state index contributed by atoms with van der Waals surface area (Å²) in [6.45, 7) is 4.32. The number of aromatic nitrogens is 6. The lowest BCUT2D eigenvalue weighted by Gasteiger charge is -2.16.